The number of methoxy groups -OCH3 is 2. The summed E-state index contributed by atoms with van der Waals surface area (Å²) < 4.78 is 10.8. The van der Waals surface area contributed by atoms with Crippen LogP contribution in [0.2, 0.25) is 0 Å². The molecule has 0 bridgehead atoms. The average molecular weight is 463 g/mol. The molecule has 0 fully saturated rings. The van der Waals surface area contributed by atoms with Gasteiger partial charge in [-0.1, -0.05) is 12.1 Å². The van der Waals surface area contributed by atoms with E-state index in [1.54, 1.807) is 38.7 Å². The van der Waals surface area contributed by atoms with Gasteiger partial charge in [0.2, 0.25) is 0 Å². The highest BCUT2D eigenvalue weighted by molar-refractivity contribution is 8.00. The summed E-state index contributed by atoms with van der Waals surface area (Å²) in [6.45, 7) is 0.811. The van der Waals surface area contributed by atoms with Gasteiger partial charge in [0.15, 0.2) is 11.5 Å². The number of amides is 1. The van der Waals surface area contributed by atoms with Gasteiger partial charge in [0.1, 0.15) is 0 Å². The van der Waals surface area contributed by atoms with Gasteiger partial charge in [-0.3, -0.25) is 14.8 Å². The normalized spacial score (nSPS) is 13.3. The number of thioether (sulfide) groups is 1. The first-order chi connectivity index (χ1) is 16.2. The van der Waals surface area contributed by atoms with E-state index in [1.807, 2.05) is 54.2 Å². The highest BCUT2D eigenvalue weighted by atomic mass is 32.2. The lowest BCUT2D eigenvalue weighted by atomic mass is 10.1. The van der Waals surface area contributed by atoms with E-state index in [0.29, 0.717) is 17.1 Å². The van der Waals surface area contributed by atoms with Crippen LogP contribution in [0.5, 0.6) is 11.5 Å². The summed E-state index contributed by atoms with van der Waals surface area (Å²) in [5, 5.41) is 9.85. The summed E-state index contributed by atoms with van der Waals surface area (Å²) in [5.74, 6) is 2.96. The minimum atomic E-state index is -0.168. The van der Waals surface area contributed by atoms with Crippen LogP contribution in [0.3, 0.4) is 0 Å². The van der Waals surface area contributed by atoms with Crippen molar-refractivity contribution >= 4 is 29.1 Å². The summed E-state index contributed by atoms with van der Waals surface area (Å²) in [4.78, 5) is 16.2. The molecule has 1 aliphatic rings. The Morgan fingerprint density at radius 3 is 2.64 bits per heavy atom. The maximum Gasteiger partial charge on any atom is 0.257 e. The SMILES string of the molecule is COc1ccc(C2=NN(CCc3ccc(NC(=O)c4cccnc4)cc3)CSC2)cc1OC. The zero-order chi connectivity index (χ0) is 23.0. The summed E-state index contributed by atoms with van der Waals surface area (Å²) in [6, 6.07) is 17.3. The largest absolute Gasteiger partial charge is 0.493 e. The highest BCUT2D eigenvalue weighted by Crippen LogP contribution is 2.29. The number of aromatic nitrogens is 1. The molecule has 1 aromatic heterocycles. The molecule has 0 aliphatic carbocycles. The minimum absolute atomic E-state index is 0.168. The van der Waals surface area contributed by atoms with Gasteiger partial charge < -0.3 is 14.8 Å². The number of carbonyl (C=O) groups is 1. The predicted octanol–water partition coefficient (Wildman–Crippen LogP) is 4.30. The Labute approximate surface area is 197 Å². The molecule has 3 aromatic rings. The van der Waals surface area contributed by atoms with Gasteiger partial charge in [0.05, 0.1) is 31.4 Å². The number of nitrogens with zero attached hydrogens (tertiary/aromatic N) is 3. The number of carbonyl (C=O) groups excluding carboxylic acids is 1. The van der Waals surface area contributed by atoms with Crippen LogP contribution in [0, 0.1) is 0 Å². The second-order valence-corrected chi connectivity index (χ2v) is 8.42. The van der Waals surface area contributed by atoms with E-state index in [0.717, 1.165) is 41.6 Å². The van der Waals surface area contributed by atoms with Crippen molar-refractivity contribution in [2.45, 2.75) is 6.42 Å². The van der Waals surface area contributed by atoms with Gasteiger partial charge in [-0.2, -0.15) is 5.10 Å². The van der Waals surface area contributed by atoms with Crippen molar-refractivity contribution in [3.63, 3.8) is 0 Å². The van der Waals surface area contributed by atoms with Crippen molar-refractivity contribution in [1.82, 2.24) is 9.99 Å². The molecule has 1 aliphatic heterocycles. The second-order valence-electron chi connectivity index (χ2n) is 7.47. The van der Waals surface area contributed by atoms with Gasteiger partial charge in [0, 0.05) is 35.9 Å². The number of ether oxygens (including phenoxy) is 2. The lowest BCUT2D eigenvalue weighted by molar-refractivity contribution is 0.102. The lowest BCUT2D eigenvalue weighted by Gasteiger charge is -2.25. The van der Waals surface area contributed by atoms with E-state index in [4.69, 9.17) is 14.6 Å². The zero-order valence-corrected chi connectivity index (χ0v) is 19.5. The van der Waals surface area contributed by atoms with E-state index in [2.05, 4.69) is 15.3 Å². The number of anilines is 1. The number of benzene rings is 2. The lowest BCUT2D eigenvalue weighted by Crippen LogP contribution is -2.27. The number of hydrogen-bond donors (Lipinski definition) is 1. The van der Waals surface area contributed by atoms with E-state index in [9.17, 15) is 4.79 Å². The molecule has 0 atom stereocenters. The van der Waals surface area contributed by atoms with Crippen LogP contribution in [-0.4, -0.2) is 54.0 Å². The molecule has 1 N–H and O–H groups in total. The molecule has 0 spiro atoms. The predicted molar refractivity (Wildman–Crippen MR) is 132 cm³/mol. The maximum atomic E-state index is 12.3. The molecule has 7 nitrogen and oxygen atoms in total. The van der Waals surface area contributed by atoms with Gasteiger partial charge >= 0.3 is 0 Å². The first kappa shape index (κ1) is 22.7. The maximum absolute atomic E-state index is 12.3. The van der Waals surface area contributed by atoms with Crippen LogP contribution < -0.4 is 14.8 Å². The van der Waals surface area contributed by atoms with E-state index in [-0.39, 0.29) is 5.91 Å². The number of pyridine rings is 1. The number of rotatable bonds is 8. The molecule has 0 unspecified atom stereocenters. The molecule has 4 rings (SSSR count). The molecule has 33 heavy (non-hydrogen) atoms. The van der Waals surface area contributed by atoms with E-state index < -0.39 is 0 Å². The van der Waals surface area contributed by atoms with Crippen LogP contribution in [0.4, 0.5) is 5.69 Å². The third kappa shape index (κ3) is 5.84. The standard InChI is InChI=1S/C25H26N4O3S/c1-31-23-10-7-19(14-24(23)32-2)22-16-33-17-29(28-22)13-11-18-5-8-21(9-6-18)27-25(30)20-4-3-12-26-15-20/h3-10,12,14-15H,11,13,16-17H2,1-2H3,(H,27,30). The highest BCUT2D eigenvalue weighted by Gasteiger charge is 2.16. The van der Waals surface area contributed by atoms with Gasteiger partial charge in [-0.15, -0.1) is 11.8 Å². The van der Waals surface area contributed by atoms with Gasteiger partial charge in [-0.25, -0.2) is 0 Å². The molecule has 0 saturated carbocycles. The van der Waals surface area contributed by atoms with Crippen molar-refractivity contribution in [1.29, 1.82) is 0 Å². The monoisotopic (exact) mass is 462 g/mol. The Hall–Kier alpha value is -3.52. The summed E-state index contributed by atoms with van der Waals surface area (Å²) in [5.41, 5.74) is 4.55. The fourth-order valence-corrected chi connectivity index (χ4v) is 4.37. The first-order valence-electron chi connectivity index (χ1n) is 10.6. The number of hydrazone groups is 1. The third-order valence-corrected chi connectivity index (χ3v) is 6.21. The minimum Gasteiger partial charge on any atom is -0.493 e. The van der Waals surface area contributed by atoms with Gasteiger partial charge in [-0.05, 0) is 54.4 Å². The van der Waals surface area contributed by atoms with Crippen molar-refractivity contribution in [2.75, 3.05) is 37.7 Å². The van der Waals surface area contributed by atoms with Crippen LogP contribution in [0.15, 0.2) is 72.1 Å². The molecule has 2 heterocycles. The first-order valence-corrected chi connectivity index (χ1v) is 11.7. The Kier molecular flexibility index (Phi) is 7.47. The van der Waals surface area contributed by atoms with Crippen molar-refractivity contribution in [2.24, 2.45) is 5.10 Å². The van der Waals surface area contributed by atoms with Crippen molar-refractivity contribution < 1.29 is 14.3 Å². The Balaban J connectivity index is 1.35. The third-order valence-electron chi connectivity index (χ3n) is 5.25. The zero-order valence-electron chi connectivity index (χ0n) is 18.7. The molecule has 8 heteroatoms. The van der Waals surface area contributed by atoms with Crippen LogP contribution >= 0.6 is 11.8 Å². The van der Waals surface area contributed by atoms with Crippen LogP contribution in [0.1, 0.15) is 21.5 Å². The molecule has 0 radical (unpaired) electrons. The fraction of sp³-hybridized carbons (Fsp3) is 0.240. The Morgan fingerprint density at radius 2 is 1.91 bits per heavy atom. The Morgan fingerprint density at radius 1 is 1.09 bits per heavy atom. The van der Waals surface area contributed by atoms with Crippen molar-refractivity contribution in [3.8, 4) is 11.5 Å². The number of hydrogen-bond acceptors (Lipinski definition) is 7. The molecular formula is C25H26N4O3S. The molecule has 0 saturated heterocycles. The Bertz CT molecular complexity index is 1120. The quantitative estimate of drug-likeness (QED) is 0.538. The summed E-state index contributed by atoms with van der Waals surface area (Å²) in [7, 11) is 3.27. The van der Waals surface area contributed by atoms with Crippen molar-refractivity contribution in [3.05, 3.63) is 83.7 Å². The van der Waals surface area contributed by atoms with E-state index in [1.165, 1.54) is 5.56 Å². The van der Waals surface area contributed by atoms with E-state index >= 15 is 0 Å². The summed E-state index contributed by atoms with van der Waals surface area (Å²) >= 11 is 1.84. The van der Waals surface area contributed by atoms with Crippen LogP contribution in [0.25, 0.3) is 0 Å². The molecule has 170 valence electrons. The average Bonchev–Trinajstić information content (AvgIpc) is 2.88. The molecular weight excluding hydrogens is 436 g/mol. The second kappa shape index (κ2) is 10.9. The fourth-order valence-electron chi connectivity index (χ4n) is 3.46. The molecule has 2 aromatic carbocycles. The topological polar surface area (TPSA) is 76.0 Å². The summed E-state index contributed by atoms with van der Waals surface area (Å²) in [6.07, 6.45) is 4.06. The smallest absolute Gasteiger partial charge is 0.257 e. The van der Waals surface area contributed by atoms with Crippen LogP contribution in [-0.2, 0) is 6.42 Å². The van der Waals surface area contributed by atoms with Gasteiger partial charge in [0.25, 0.3) is 5.91 Å². The number of nitrogens with one attached hydrogen (secondary N) is 1. The molecule has 1 amide bonds.